The van der Waals surface area contributed by atoms with Crippen LogP contribution in [0.3, 0.4) is 0 Å². The van der Waals surface area contributed by atoms with E-state index < -0.39 is 46.9 Å². The van der Waals surface area contributed by atoms with Crippen LogP contribution in [0.4, 0.5) is 39.5 Å². The molecule has 0 radical (unpaired) electrons. The molecule has 22 heteroatoms. The van der Waals surface area contributed by atoms with Gasteiger partial charge in [-0.05, 0) is 146 Å². The van der Waals surface area contributed by atoms with Gasteiger partial charge in [-0.2, -0.15) is 39.5 Å². The van der Waals surface area contributed by atoms with Gasteiger partial charge in [0.25, 0.3) is 0 Å². The molecule has 2 unspecified atom stereocenters. The largest absolute Gasteiger partial charge is 0.493 e. The maximum atomic E-state index is 14.0. The van der Waals surface area contributed by atoms with E-state index in [9.17, 15) is 49.7 Å². The first-order chi connectivity index (χ1) is 38.9. The number of alkyl halides is 9. The Morgan fingerprint density at radius 1 is 0.537 bits per heavy atom. The molecule has 13 rings (SSSR count). The van der Waals surface area contributed by atoms with Crippen molar-refractivity contribution in [3.8, 4) is 39.1 Å². The van der Waals surface area contributed by atoms with Crippen molar-refractivity contribution in [3.05, 3.63) is 137 Å². The van der Waals surface area contributed by atoms with Crippen LogP contribution in [0.2, 0.25) is 0 Å². The van der Waals surface area contributed by atoms with Gasteiger partial charge in [-0.1, -0.05) is 94.5 Å². The predicted octanol–water partition coefficient (Wildman–Crippen LogP) is 14.3. The molecule has 3 aromatic heterocycles. The summed E-state index contributed by atoms with van der Waals surface area (Å²) < 4.78 is 141. The Bertz CT molecular complexity index is 3780. The molecule has 430 valence electrons. The fraction of sp³-hybridized carbons (Fsp3) is 0.400. The smallest absolute Gasteiger partial charge is 0.419 e. The first-order valence-corrected chi connectivity index (χ1v) is 27.2. The molecular weight excluding hydrogens is 1080 g/mol. The lowest BCUT2D eigenvalue weighted by Crippen LogP contribution is -2.15. The Morgan fingerprint density at radius 2 is 0.915 bits per heavy atom. The summed E-state index contributed by atoms with van der Waals surface area (Å²) in [7, 11) is 1.60. The zero-order valence-corrected chi connectivity index (χ0v) is 45.1. The first kappa shape index (κ1) is 56.4. The third kappa shape index (κ3) is 11.9. The molecule has 0 amide bonds. The summed E-state index contributed by atoms with van der Waals surface area (Å²) in [5.74, 6) is 1.88. The zero-order valence-electron chi connectivity index (χ0n) is 45.1. The van der Waals surface area contributed by atoms with Gasteiger partial charge in [-0.15, -0.1) is 15.3 Å². The molecule has 0 saturated heterocycles. The van der Waals surface area contributed by atoms with Crippen LogP contribution in [0.25, 0.3) is 66.5 Å². The predicted molar refractivity (Wildman–Crippen MR) is 288 cm³/mol. The van der Waals surface area contributed by atoms with E-state index in [0.29, 0.717) is 101 Å². The number of nitrogens with zero attached hydrogens (tertiary/aromatic N) is 9. The normalized spacial score (nSPS) is 17.0. The molecule has 0 spiro atoms. The van der Waals surface area contributed by atoms with Crippen LogP contribution in [0.15, 0.2) is 103 Å². The van der Waals surface area contributed by atoms with Crippen LogP contribution in [0.5, 0.6) is 5.75 Å². The third-order valence-electron chi connectivity index (χ3n) is 15.6. The van der Waals surface area contributed by atoms with Gasteiger partial charge in [0.15, 0.2) is 0 Å². The van der Waals surface area contributed by atoms with Gasteiger partial charge in [0, 0.05) is 38.7 Å². The lowest BCUT2D eigenvalue weighted by molar-refractivity contribution is -0.136. The monoisotopic (exact) mass is 1140 g/mol. The molecule has 1 aliphatic heterocycles. The molecule has 2 N–H and O–H groups in total. The second-order valence-electron chi connectivity index (χ2n) is 22.2. The summed E-state index contributed by atoms with van der Waals surface area (Å²) >= 11 is 0. The highest BCUT2D eigenvalue weighted by Crippen LogP contribution is 2.46. The summed E-state index contributed by atoms with van der Waals surface area (Å²) in [4.78, 5) is 0. The Kier molecular flexibility index (Phi) is 14.9. The van der Waals surface area contributed by atoms with Crippen LogP contribution in [0, 0.1) is 17.8 Å². The SMILES string of the molecule is CC(C)(O)c1ccc(-c2ccc3c(nnn3CC3CC3)c2C(F)(F)F)cc1.COC(C)c1ccc(-c2ccc3c(nnn3CC3CC3)c2C(F)(F)F)cc1.OC1CCOc2cc(-c3ccc4c(nnn4CC4CC4)c3C(F)(F)F)ccc21. The van der Waals surface area contributed by atoms with Crippen molar-refractivity contribution in [3.63, 3.8) is 0 Å². The number of aliphatic hydroxyl groups is 2. The Labute approximate surface area is 464 Å². The van der Waals surface area contributed by atoms with Crippen molar-refractivity contribution in [1.82, 2.24) is 45.0 Å². The van der Waals surface area contributed by atoms with Crippen molar-refractivity contribution in [2.75, 3.05) is 13.7 Å². The number of benzene rings is 6. The Hall–Kier alpha value is -7.43. The van der Waals surface area contributed by atoms with Crippen molar-refractivity contribution in [2.45, 2.75) is 122 Å². The molecule has 4 aliphatic rings. The van der Waals surface area contributed by atoms with E-state index in [2.05, 4.69) is 30.9 Å². The summed E-state index contributed by atoms with van der Waals surface area (Å²) in [5, 5.41) is 43.6. The molecule has 3 aliphatic carbocycles. The number of halogens is 9. The maximum Gasteiger partial charge on any atom is 0.419 e. The van der Waals surface area contributed by atoms with Crippen LogP contribution in [-0.4, -0.2) is 68.9 Å². The second-order valence-corrected chi connectivity index (χ2v) is 22.2. The van der Waals surface area contributed by atoms with Gasteiger partial charge in [0.1, 0.15) is 22.3 Å². The lowest BCUT2D eigenvalue weighted by Gasteiger charge is -2.23. The molecule has 2 atom stereocenters. The van der Waals surface area contributed by atoms with Gasteiger partial charge in [-0.25, -0.2) is 14.0 Å². The van der Waals surface area contributed by atoms with Crippen LogP contribution in [-0.2, 0) is 48.5 Å². The summed E-state index contributed by atoms with van der Waals surface area (Å²) in [6, 6.07) is 27.7. The van der Waals surface area contributed by atoms with Crippen LogP contribution >= 0.6 is 0 Å². The van der Waals surface area contributed by atoms with E-state index in [4.69, 9.17) is 9.47 Å². The highest BCUT2D eigenvalue weighted by atomic mass is 19.4. The second kappa shape index (κ2) is 21.7. The molecule has 82 heavy (non-hydrogen) atoms. The van der Waals surface area contributed by atoms with Crippen LogP contribution in [0.1, 0.15) is 111 Å². The first-order valence-electron chi connectivity index (χ1n) is 27.2. The van der Waals surface area contributed by atoms with Crippen LogP contribution < -0.4 is 4.74 Å². The molecular formula is C60H58F9N9O4. The molecule has 3 fully saturated rings. The topological polar surface area (TPSA) is 151 Å². The van der Waals surface area contributed by atoms with Crippen molar-refractivity contribution in [1.29, 1.82) is 0 Å². The minimum atomic E-state index is -4.58. The quantitative estimate of drug-likeness (QED) is 0.113. The van der Waals surface area contributed by atoms with E-state index in [1.807, 2.05) is 6.92 Å². The summed E-state index contributed by atoms with van der Waals surface area (Å²) in [5.41, 5.74) is 1.21. The number of aliphatic hydroxyl groups excluding tert-OH is 1. The van der Waals surface area contributed by atoms with Crippen molar-refractivity contribution < 1.29 is 59.2 Å². The maximum absolute atomic E-state index is 14.0. The number of aromatic nitrogens is 9. The molecule has 3 saturated carbocycles. The van der Waals surface area contributed by atoms with E-state index in [1.54, 1.807) is 120 Å². The third-order valence-corrected chi connectivity index (χ3v) is 15.6. The highest BCUT2D eigenvalue weighted by molar-refractivity contribution is 5.90. The molecule has 0 bridgehead atoms. The van der Waals surface area contributed by atoms with E-state index in [-0.39, 0.29) is 39.3 Å². The average Bonchev–Trinajstić information content (AvgIpc) is 4.57. The minimum Gasteiger partial charge on any atom is -0.493 e. The average molecular weight is 1140 g/mol. The van der Waals surface area contributed by atoms with Gasteiger partial charge < -0.3 is 19.7 Å². The Balaban J connectivity index is 0.000000129. The van der Waals surface area contributed by atoms with Gasteiger partial charge in [0.2, 0.25) is 0 Å². The van der Waals surface area contributed by atoms with Crippen molar-refractivity contribution in [2.24, 2.45) is 17.8 Å². The highest BCUT2D eigenvalue weighted by Gasteiger charge is 2.41. The summed E-state index contributed by atoms with van der Waals surface area (Å²) in [6.07, 6.45) is -7.46. The van der Waals surface area contributed by atoms with Gasteiger partial charge in [-0.3, -0.25) is 0 Å². The van der Waals surface area contributed by atoms with E-state index in [0.717, 1.165) is 44.1 Å². The molecule has 4 heterocycles. The molecule has 9 aromatic rings. The molecule has 13 nitrogen and oxygen atoms in total. The van der Waals surface area contributed by atoms with Gasteiger partial charge in [0.05, 0.1) is 57.7 Å². The fourth-order valence-corrected chi connectivity index (χ4v) is 10.4. The Morgan fingerprint density at radius 3 is 1.28 bits per heavy atom. The zero-order chi connectivity index (χ0) is 58.0. The van der Waals surface area contributed by atoms with E-state index >= 15 is 0 Å². The lowest BCUT2D eigenvalue weighted by atomic mass is 9.93. The number of rotatable bonds is 12. The van der Waals surface area contributed by atoms with E-state index in [1.165, 1.54) is 18.2 Å². The number of hydrogen-bond acceptors (Lipinski definition) is 10. The summed E-state index contributed by atoms with van der Waals surface area (Å²) in [6.45, 7) is 7.31. The minimum absolute atomic E-state index is 0.0323. The molecule has 6 aromatic carbocycles. The number of ether oxygens (including phenoxy) is 2. The van der Waals surface area contributed by atoms with Gasteiger partial charge >= 0.3 is 18.5 Å². The number of hydrogen-bond donors (Lipinski definition) is 2. The number of methoxy groups -OCH3 is 1. The fourth-order valence-electron chi connectivity index (χ4n) is 10.4. The number of fused-ring (bicyclic) bond motifs is 4. The standard InChI is InChI=1S/C20H18F3N3O2.2C20H20F3N3O/c21-20(22,23)18-13(12-3-4-14-16(27)7-8-28-17(14)9-12)5-6-15-19(18)24-25-26(15)10-11-1-2-11;1-19(2,27)14-7-5-13(6-8-14)15-9-10-16-18(17(15)20(21,22)23)24-25-26(16)11-12-3-4-12;1-12(27-2)14-5-7-15(8-6-14)16-9-10-17-19(18(16)20(21,22)23)24-25-26(17)11-13-3-4-13/h3-6,9,11,16,27H,1-2,7-8,10H2;5-10,12,27H,3-4,11H2,1-2H3;5-10,12-13H,3-4,11H2,1-2H3. The van der Waals surface area contributed by atoms with Crippen molar-refractivity contribution >= 4 is 33.1 Å².